The van der Waals surface area contributed by atoms with E-state index in [1.165, 1.54) is 25.7 Å². The minimum Gasteiger partial charge on any atom is -0.337 e. The van der Waals surface area contributed by atoms with Crippen LogP contribution in [0.1, 0.15) is 32.6 Å². The van der Waals surface area contributed by atoms with Crippen molar-refractivity contribution in [1.82, 2.24) is 9.80 Å². The van der Waals surface area contributed by atoms with Gasteiger partial charge in [0.25, 0.3) is 0 Å². The molecule has 4 nitrogen and oxygen atoms in total. The van der Waals surface area contributed by atoms with Crippen molar-refractivity contribution in [1.29, 1.82) is 0 Å². The van der Waals surface area contributed by atoms with Crippen LogP contribution in [0, 0.1) is 0 Å². The number of carbonyl (C=O) groups is 1. The van der Waals surface area contributed by atoms with Gasteiger partial charge in [0.05, 0.1) is 6.54 Å². The lowest BCUT2D eigenvalue weighted by Gasteiger charge is -2.40. The van der Waals surface area contributed by atoms with Crippen molar-refractivity contribution in [2.75, 3.05) is 26.2 Å². The summed E-state index contributed by atoms with van der Waals surface area (Å²) in [4.78, 5) is 16.4. The van der Waals surface area contributed by atoms with E-state index in [0.29, 0.717) is 31.1 Å². The Bertz CT molecular complexity index is 251. The van der Waals surface area contributed by atoms with Gasteiger partial charge < -0.3 is 10.6 Å². The summed E-state index contributed by atoms with van der Waals surface area (Å²) < 4.78 is 0. The molecule has 4 heteroatoms. The molecule has 16 heavy (non-hydrogen) atoms. The molecule has 1 amide bonds. The van der Waals surface area contributed by atoms with E-state index in [-0.39, 0.29) is 0 Å². The van der Waals surface area contributed by atoms with Crippen molar-refractivity contribution in [3.05, 3.63) is 0 Å². The largest absolute Gasteiger partial charge is 0.337 e. The van der Waals surface area contributed by atoms with Gasteiger partial charge in [-0.15, -0.1) is 0 Å². The number of rotatable bonds is 3. The molecule has 0 spiro atoms. The van der Waals surface area contributed by atoms with E-state index in [1.54, 1.807) is 0 Å². The van der Waals surface area contributed by atoms with Crippen LogP contribution in [0.4, 0.5) is 0 Å². The van der Waals surface area contributed by atoms with Crippen molar-refractivity contribution < 1.29 is 4.79 Å². The number of amides is 1. The molecule has 1 unspecified atom stereocenters. The van der Waals surface area contributed by atoms with Gasteiger partial charge in [-0.3, -0.25) is 9.69 Å². The minimum absolute atomic E-state index is 0.304. The number of carbonyl (C=O) groups excluding carboxylic acids is 1. The van der Waals surface area contributed by atoms with Crippen LogP contribution in [0.2, 0.25) is 0 Å². The number of hydrogen-bond donors (Lipinski definition) is 1. The van der Waals surface area contributed by atoms with Gasteiger partial charge in [0.2, 0.25) is 5.91 Å². The maximum absolute atomic E-state index is 12.1. The van der Waals surface area contributed by atoms with E-state index in [9.17, 15) is 4.79 Å². The number of nitrogens with two attached hydrogens (primary N) is 1. The molecule has 0 bridgehead atoms. The van der Waals surface area contributed by atoms with Crippen molar-refractivity contribution >= 4 is 5.91 Å². The molecule has 0 aromatic rings. The summed E-state index contributed by atoms with van der Waals surface area (Å²) in [7, 11) is 0. The summed E-state index contributed by atoms with van der Waals surface area (Å²) in [6.45, 7) is 5.18. The zero-order valence-corrected chi connectivity index (χ0v) is 10.2. The molecule has 92 valence electrons. The van der Waals surface area contributed by atoms with Crippen LogP contribution in [0.25, 0.3) is 0 Å². The van der Waals surface area contributed by atoms with E-state index >= 15 is 0 Å². The van der Waals surface area contributed by atoms with E-state index < -0.39 is 0 Å². The van der Waals surface area contributed by atoms with Crippen LogP contribution < -0.4 is 5.73 Å². The van der Waals surface area contributed by atoms with Gasteiger partial charge in [0.1, 0.15) is 0 Å². The topological polar surface area (TPSA) is 49.6 Å². The molecule has 1 saturated heterocycles. The summed E-state index contributed by atoms with van der Waals surface area (Å²) in [5.41, 5.74) is 5.64. The number of piperazine rings is 1. The van der Waals surface area contributed by atoms with Crippen molar-refractivity contribution in [2.24, 2.45) is 5.73 Å². The molecule has 0 aromatic heterocycles. The van der Waals surface area contributed by atoms with Crippen LogP contribution in [-0.2, 0) is 4.79 Å². The average molecular weight is 225 g/mol. The highest BCUT2D eigenvalue weighted by Crippen LogP contribution is 2.25. The van der Waals surface area contributed by atoms with Crippen LogP contribution >= 0.6 is 0 Å². The third-order valence-corrected chi connectivity index (χ3v) is 4.02. The standard InChI is InChI=1S/C12H23N3O/c1-10(8-13)14-6-7-15(12(16)9-14)11-4-2-3-5-11/h10-11H,2-9,13H2,1H3. The highest BCUT2D eigenvalue weighted by Gasteiger charge is 2.32. The van der Waals surface area contributed by atoms with Gasteiger partial charge in [-0.25, -0.2) is 0 Å². The normalized spacial score (nSPS) is 26.4. The summed E-state index contributed by atoms with van der Waals surface area (Å²) in [5.74, 6) is 0.304. The lowest BCUT2D eigenvalue weighted by atomic mass is 10.1. The average Bonchev–Trinajstić information content (AvgIpc) is 2.81. The molecular formula is C12H23N3O. The van der Waals surface area contributed by atoms with Crippen LogP contribution in [0.3, 0.4) is 0 Å². The molecule has 2 aliphatic rings. The van der Waals surface area contributed by atoms with Gasteiger partial charge >= 0.3 is 0 Å². The van der Waals surface area contributed by atoms with Crippen molar-refractivity contribution in [2.45, 2.75) is 44.7 Å². The molecule has 1 heterocycles. The first-order valence-electron chi connectivity index (χ1n) is 6.46. The van der Waals surface area contributed by atoms with Gasteiger partial charge in [0.15, 0.2) is 0 Å². The Balaban J connectivity index is 1.89. The fourth-order valence-corrected chi connectivity index (χ4v) is 2.83. The van der Waals surface area contributed by atoms with Gasteiger partial charge in [-0.05, 0) is 19.8 Å². The molecule has 2 rings (SSSR count). The quantitative estimate of drug-likeness (QED) is 0.757. The summed E-state index contributed by atoms with van der Waals surface area (Å²) in [6.07, 6.45) is 4.99. The minimum atomic E-state index is 0.304. The molecule has 2 N–H and O–H groups in total. The Kier molecular flexibility index (Phi) is 3.82. The number of nitrogens with zero attached hydrogens (tertiary/aromatic N) is 2. The molecule has 1 aliphatic carbocycles. The lowest BCUT2D eigenvalue weighted by Crippen LogP contribution is -2.56. The lowest BCUT2D eigenvalue weighted by molar-refractivity contribution is -0.139. The Morgan fingerprint density at radius 1 is 1.38 bits per heavy atom. The maximum Gasteiger partial charge on any atom is 0.237 e. The zero-order chi connectivity index (χ0) is 11.5. The fraction of sp³-hybridized carbons (Fsp3) is 0.917. The van der Waals surface area contributed by atoms with Crippen LogP contribution in [0.15, 0.2) is 0 Å². The van der Waals surface area contributed by atoms with Crippen molar-refractivity contribution in [3.63, 3.8) is 0 Å². The second-order valence-corrected chi connectivity index (χ2v) is 5.08. The Morgan fingerprint density at radius 2 is 2.06 bits per heavy atom. The van der Waals surface area contributed by atoms with Crippen LogP contribution in [-0.4, -0.2) is 54.0 Å². The third-order valence-electron chi connectivity index (χ3n) is 4.02. The molecule has 0 radical (unpaired) electrons. The highest BCUT2D eigenvalue weighted by molar-refractivity contribution is 5.79. The number of hydrogen-bond acceptors (Lipinski definition) is 3. The summed E-state index contributed by atoms with van der Waals surface area (Å²) in [6, 6.07) is 0.859. The molecule has 1 saturated carbocycles. The molecule has 1 aliphatic heterocycles. The predicted octanol–water partition coefficient (Wildman–Crippen LogP) is 0.420. The maximum atomic E-state index is 12.1. The highest BCUT2D eigenvalue weighted by atomic mass is 16.2. The summed E-state index contributed by atoms with van der Waals surface area (Å²) >= 11 is 0. The second-order valence-electron chi connectivity index (χ2n) is 5.08. The third kappa shape index (κ3) is 2.38. The molecule has 2 fully saturated rings. The predicted molar refractivity (Wildman–Crippen MR) is 64.1 cm³/mol. The molecule has 0 aromatic carbocycles. The second kappa shape index (κ2) is 5.15. The van der Waals surface area contributed by atoms with Crippen molar-refractivity contribution in [3.8, 4) is 0 Å². The first-order valence-corrected chi connectivity index (χ1v) is 6.46. The Morgan fingerprint density at radius 3 is 2.62 bits per heavy atom. The Labute approximate surface area is 97.8 Å². The van der Waals surface area contributed by atoms with Gasteiger partial charge in [-0.2, -0.15) is 0 Å². The zero-order valence-electron chi connectivity index (χ0n) is 10.2. The molecular weight excluding hydrogens is 202 g/mol. The fourth-order valence-electron chi connectivity index (χ4n) is 2.83. The van der Waals surface area contributed by atoms with Gasteiger partial charge in [-0.1, -0.05) is 12.8 Å². The van der Waals surface area contributed by atoms with E-state index in [2.05, 4.69) is 16.7 Å². The Hall–Kier alpha value is -0.610. The summed E-state index contributed by atoms with van der Waals surface area (Å²) in [5, 5.41) is 0. The first-order chi connectivity index (χ1) is 7.72. The van der Waals surface area contributed by atoms with E-state index in [1.807, 2.05) is 0 Å². The molecule has 1 atom stereocenters. The van der Waals surface area contributed by atoms with Gasteiger partial charge in [0, 0.05) is 31.7 Å². The van der Waals surface area contributed by atoms with Crippen LogP contribution in [0.5, 0.6) is 0 Å². The van der Waals surface area contributed by atoms with E-state index in [0.717, 1.165) is 13.1 Å². The first kappa shape index (κ1) is 11.9. The smallest absolute Gasteiger partial charge is 0.237 e. The SMILES string of the molecule is CC(CN)N1CCN(C2CCCC2)C(=O)C1. The van der Waals surface area contributed by atoms with E-state index in [4.69, 9.17) is 5.73 Å². The monoisotopic (exact) mass is 225 g/mol.